The van der Waals surface area contributed by atoms with Crippen molar-refractivity contribution in [1.82, 2.24) is 9.21 Å². The first-order chi connectivity index (χ1) is 14.1. The minimum atomic E-state index is 0.0895. The van der Waals surface area contributed by atoms with Crippen LogP contribution in [-0.2, 0) is 5.54 Å². The molecule has 2 nitrogen and oxygen atoms in total. The van der Waals surface area contributed by atoms with Gasteiger partial charge in [-0.25, -0.2) is 4.31 Å². The second kappa shape index (κ2) is 7.55. The summed E-state index contributed by atoms with van der Waals surface area (Å²) in [5.41, 5.74) is 3.01. The molecule has 3 aromatic carbocycles. The first-order valence-electron chi connectivity index (χ1n) is 10.6. The molecule has 1 atom stereocenters. The fourth-order valence-electron chi connectivity index (χ4n) is 4.68. The van der Waals surface area contributed by atoms with Gasteiger partial charge in [-0.3, -0.25) is 0 Å². The Morgan fingerprint density at radius 1 is 0.931 bits per heavy atom. The third-order valence-electron chi connectivity index (χ3n) is 6.45. The van der Waals surface area contributed by atoms with Gasteiger partial charge in [0, 0.05) is 30.4 Å². The Hall–Kier alpha value is -2.23. The number of fused-ring (bicyclic) bond motifs is 2. The van der Waals surface area contributed by atoms with E-state index >= 15 is 0 Å². The summed E-state index contributed by atoms with van der Waals surface area (Å²) >= 11 is 1.91. The van der Waals surface area contributed by atoms with Crippen LogP contribution in [0.3, 0.4) is 0 Å². The number of rotatable bonds is 4. The van der Waals surface area contributed by atoms with E-state index in [0.29, 0.717) is 5.92 Å². The molecule has 0 fully saturated rings. The van der Waals surface area contributed by atoms with E-state index in [1.807, 2.05) is 11.9 Å². The molecular formula is C26H28N2S. The molecule has 0 aromatic heterocycles. The van der Waals surface area contributed by atoms with Gasteiger partial charge in [0.2, 0.25) is 0 Å². The van der Waals surface area contributed by atoms with E-state index in [-0.39, 0.29) is 5.54 Å². The second-order valence-corrected chi connectivity index (χ2v) is 9.65. The Bertz CT molecular complexity index is 1050. The van der Waals surface area contributed by atoms with Crippen LogP contribution in [0.2, 0.25) is 0 Å². The van der Waals surface area contributed by atoms with Crippen molar-refractivity contribution in [3.05, 3.63) is 90.1 Å². The van der Waals surface area contributed by atoms with Crippen LogP contribution in [0.4, 0.5) is 0 Å². The highest BCUT2D eigenvalue weighted by molar-refractivity contribution is 7.97. The summed E-state index contributed by atoms with van der Waals surface area (Å²) in [6, 6.07) is 24.3. The van der Waals surface area contributed by atoms with E-state index in [0.717, 1.165) is 19.6 Å². The highest BCUT2D eigenvalue weighted by Crippen LogP contribution is 2.47. The monoisotopic (exact) mass is 400 g/mol. The fraction of sp³-hybridized carbons (Fsp3) is 0.308. The Balaban J connectivity index is 1.25. The summed E-state index contributed by atoms with van der Waals surface area (Å²) in [7, 11) is 0. The summed E-state index contributed by atoms with van der Waals surface area (Å²) in [4.78, 5) is 3.89. The first-order valence-corrected chi connectivity index (χ1v) is 11.4. The number of allylic oxidation sites excluding steroid dienone is 1. The lowest BCUT2D eigenvalue weighted by atomic mass is 9.89. The van der Waals surface area contributed by atoms with Crippen molar-refractivity contribution in [1.29, 1.82) is 0 Å². The van der Waals surface area contributed by atoms with Gasteiger partial charge in [0.25, 0.3) is 0 Å². The third kappa shape index (κ3) is 3.47. The van der Waals surface area contributed by atoms with Crippen LogP contribution in [0.25, 0.3) is 10.8 Å². The van der Waals surface area contributed by atoms with Gasteiger partial charge in [-0.2, -0.15) is 0 Å². The molecule has 0 saturated carbocycles. The molecule has 0 saturated heterocycles. The maximum atomic E-state index is 2.54. The van der Waals surface area contributed by atoms with Gasteiger partial charge in [-0.1, -0.05) is 66.7 Å². The van der Waals surface area contributed by atoms with E-state index in [9.17, 15) is 0 Å². The number of hydrogen-bond acceptors (Lipinski definition) is 3. The molecule has 3 aromatic rings. The third-order valence-corrected chi connectivity index (χ3v) is 7.86. The standard InChI is InChI=1S/C26H28N2S/c1-26(2)24-12-5-6-13-25(24)29-28(26)19-18-27-16-14-21(15-17-27)23-11-7-9-20-8-3-4-10-22(20)23/h3-14,16,21H,15,17-19H2,1-2H3. The largest absolute Gasteiger partial charge is 0.376 e. The lowest BCUT2D eigenvalue weighted by Gasteiger charge is -2.34. The Labute approximate surface area is 178 Å². The molecular weight excluding hydrogens is 372 g/mol. The molecule has 29 heavy (non-hydrogen) atoms. The molecule has 0 bridgehead atoms. The zero-order chi connectivity index (χ0) is 19.8. The molecule has 5 rings (SSSR count). The van der Waals surface area contributed by atoms with E-state index < -0.39 is 0 Å². The topological polar surface area (TPSA) is 6.48 Å². The van der Waals surface area contributed by atoms with Gasteiger partial charge in [0.05, 0.1) is 5.54 Å². The summed E-state index contributed by atoms with van der Waals surface area (Å²) in [5.74, 6) is 0.513. The van der Waals surface area contributed by atoms with Crippen LogP contribution < -0.4 is 0 Å². The van der Waals surface area contributed by atoms with Crippen molar-refractivity contribution < 1.29 is 0 Å². The van der Waals surface area contributed by atoms with E-state index in [2.05, 4.69) is 102 Å². The van der Waals surface area contributed by atoms with Crippen molar-refractivity contribution in [3.8, 4) is 0 Å². The lowest BCUT2D eigenvalue weighted by molar-refractivity contribution is 0.229. The van der Waals surface area contributed by atoms with Crippen LogP contribution in [0.5, 0.6) is 0 Å². The molecule has 1 unspecified atom stereocenters. The molecule has 0 aliphatic carbocycles. The van der Waals surface area contributed by atoms with Crippen LogP contribution in [0.1, 0.15) is 37.3 Å². The van der Waals surface area contributed by atoms with E-state index in [4.69, 9.17) is 0 Å². The van der Waals surface area contributed by atoms with Gasteiger partial charge in [-0.15, -0.1) is 0 Å². The van der Waals surface area contributed by atoms with Gasteiger partial charge >= 0.3 is 0 Å². The minimum absolute atomic E-state index is 0.0895. The van der Waals surface area contributed by atoms with Crippen LogP contribution in [0.15, 0.2) is 83.9 Å². The Morgan fingerprint density at radius 2 is 1.72 bits per heavy atom. The molecule has 0 spiro atoms. The summed E-state index contributed by atoms with van der Waals surface area (Å²) < 4.78 is 2.54. The van der Waals surface area contributed by atoms with E-state index in [1.54, 1.807) is 0 Å². The number of benzene rings is 3. The highest BCUT2D eigenvalue weighted by Gasteiger charge is 2.37. The predicted octanol–water partition coefficient (Wildman–Crippen LogP) is 6.40. The van der Waals surface area contributed by atoms with Crippen molar-refractivity contribution in [2.75, 3.05) is 19.6 Å². The van der Waals surface area contributed by atoms with Gasteiger partial charge in [0.1, 0.15) is 0 Å². The molecule has 148 valence electrons. The van der Waals surface area contributed by atoms with Gasteiger partial charge < -0.3 is 4.90 Å². The van der Waals surface area contributed by atoms with E-state index in [1.165, 1.54) is 33.2 Å². The van der Waals surface area contributed by atoms with Crippen molar-refractivity contribution in [2.24, 2.45) is 0 Å². The average molecular weight is 401 g/mol. The second-order valence-electron chi connectivity index (χ2n) is 8.59. The zero-order valence-electron chi connectivity index (χ0n) is 17.2. The molecule has 0 amide bonds. The first kappa shape index (κ1) is 18.8. The molecule has 0 radical (unpaired) electrons. The zero-order valence-corrected chi connectivity index (χ0v) is 18.0. The summed E-state index contributed by atoms with van der Waals surface area (Å²) in [6.07, 6.45) is 5.92. The molecule has 2 heterocycles. The van der Waals surface area contributed by atoms with Crippen LogP contribution in [-0.4, -0.2) is 28.8 Å². The fourth-order valence-corrected chi connectivity index (χ4v) is 5.98. The highest BCUT2D eigenvalue weighted by atomic mass is 32.2. The predicted molar refractivity (Wildman–Crippen MR) is 124 cm³/mol. The lowest BCUT2D eigenvalue weighted by Crippen LogP contribution is -2.38. The number of nitrogens with zero attached hydrogens (tertiary/aromatic N) is 2. The van der Waals surface area contributed by atoms with Gasteiger partial charge in [0.15, 0.2) is 0 Å². The Morgan fingerprint density at radius 3 is 2.55 bits per heavy atom. The minimum Gasteiger partial charge on any atom is -0.376 e. The SMILES string of the molecule is CC1(C)c2ccccc2SN1CCN1C=CC(c2cccc3ccccc23)CC1. The maximum absolute atomic E-state index is 2.54. The quantitative estimate of drug-likeness (QED) is 0.468. The normalized spacial score (nSPS) is 20.9. The number of hydrogen-bond donors (Lipinski definition) is 0. The maximum Gasteiger partial charge on any atom is 0.0521 e. The van der Waals surface area contributed by atoms with Crippen LogP contribution >= 0.6 is 11.9 Å². The summed E-state index contributed by atoms with van der Waals surface area (Å²) in [6.45, 7) is 7.94. The molecule has 2 aliphatic rings. The summed E-state index contributed by atoms with van der Waals surface area (Å²) in [5, 5.41) is 2.74. The molecule has 0 N–H and O–H groups in total. The van der Waals surface area contributed by atoms with Crippen molar-refractivity contribution in [3.63, 3.8) is 0 Å². The Kier molecular flexibility index (Phi) is 4.89. The molecule has 3 heteroatoms. The average Bonchev–Trinajstić information content (AvgIpc) is 3.02. The van der Waals surface area contributed by atoms with Gasteiger partial charge in [-0.05, 0) is 66.4 Å². The van der Waals surface area contributed by atoms with Crippen LogP contribution in [0, 0.1) is 0 Å². The molecule has 2 aliphatic heterocycles. The smallest absolute Gasteiger partial charge is 0.0521 e. The van der Waals surface area contributed by atoms with Crippen molar-refractivity contribution in [2.45, 2.75) is 36.6 Å². The van der Waals surface area contributed by atoms with Crippen molar-refractivity contribution >= 4 is 22.7 Å².